The van der Waals surface area contributed by atoms with Crippen molar-refractivity contribution in [1.82, 2.24) is 4.90 Å². The summed E-state index contributed by atoms with van der Waals surface area (Å²) in [6.45, 7) is 0.510. The van der Waals surface area contributed by atoms with Crippen molar-refractivity contribution in [3.8, 4) is 0 Å². The van der Waals surface area contributed by atoms with E-state index >= 15 is 0 Å². The Balaban J connectivity index is 1.54. The highest BCUT2D eigenvalue weighted by atomic mass is 32.2. The molecular formula is C19H22N2O3S. The van der Waals surface area contributed by atoms with Crippen LogP contribution in [0.2, 0.25) is 0 Å². The van der Waals surface area contributed by atoms with Crippen LogP contribution in [-0.2, 0) is 14.4 Å². The number of carbonyl (C=O) groups excluding carboxylic acids is 3. The number of para-hydroxylation sites is 1. The topological polar surface area (TPSA) is 57.7 Å². The van der Waals surface area contributed by atoms with Gasteiger partial charge >= 0.3 is 0 Å². The molecule has 2 atom stereocenters. The van der Waals surface area contributed by atoms with Crippen LogP contribution in [0, 0.1) is 11.8 Å². The largest absolute Gasteiger partial charge is 0.310 e. The summed E-state index contributed by atoms with van der Waals surface area (Å²) in [7, 11) is 0. The smallest absolute Gasteiger partial charge is 0.247 e. The van der Waals surface area contributed by atoms with Gasteiger partial charge in [0.25, 0.3) is 0 Å². The number of nitrogens with zero attached hydrogens (tertiary/aromatic N) is 2. The number of imide groups is 1. The highest BCUT2D eigenvalue weighted by molar-refractivity contribution is 7.99. The van der Waals surface area contributed by atoms with Crippen molar-refractivity contribution in [3.05, 3.63) is 24.3 Å². The van der Waals surface area contributed by atoms with E-state index in [1.54, 1.807) is 16.7 Å². The zero-order valence-electron chi connectivity index (χ0n) is 14.1. The number of benzene rings is 1. The maximum absolute atomic E-state index is 12.9. The van der Waals surface area contributed by atoms with Gasteiger partial charge in [0.2, 0.25) is 17.7 Å². The predicted octanol–water partition coefficient (Wildman–Crippen LogP) is 2.69. The second-order valence-corrected chi connectivity index (χ2v) is 8.11. The van der Waals surface area contributed by atoms with E-state index < -0.39 is 0 Å². The van der Waals surface area contributed by atoms with Crippen LogP contribution in [0.15, 0.2) is 29.2 Å². The van der Waals surface area contributed by atoms with Crippen LogP contribution >= 0.6 is 11.8 Å². The molecule has 1 aromatic carbocycles. The van der Waals surface area contributed by atoms with Gasteiger partial charge in [-0.3, -0.25) is 19.3 Å². The Morgan fingerprint density at radius 2 is 1.72 bits per heavy atom. The molecule has 0 N–H and O–H groups in total. The quantitative estimate of drug-likeness (QED) is 0.763. The van der Waals surface area contributed by atoms with E-state index in [0.29, 0.717) is 6.54 Å². The van der Waals surface area contributed by atoms with E-state index in [-0.39, 0.29) is 36.1 Å². The molecule has 0 bridgehead atoms. The highest BCUT2D eigenvalue weighted by Gasteiger charge is 2.48. The number of rotatable bonds is 2. The Bertz CT molecular complexity index is 696. The number of amides is 3. The minimum atomic E-state index is -0.193. The molecule has 0 aromatic heterocycles. The molecule has 2 fully saturated rings. The maximum atomic E-state index is 12.9. The molecule has 5 nitrogen and oxygen atoms in total. The predicted molar refractivity (Wildman–Crippen MR) is 96.3 cm³/mol. The first-order chi connectivity index (χ1) is 12.2. The Kier molecular flexibility index (Phi) is 4.54. The average Bonchev–Trinajstić information content (AvgIpc) is 2.81. The Labute approximate surface area is 151 Å². The van der Waals surface area contributed by atoms with E-state index in [9.17, 15) is 14.4 Å². The van der Waals surface area contributed by atoms with E-state index in [4.69, 9.17) is 0 Å². The van der Waals surface area contributed by atoms with Crippen LogP contribution in [-0.4, -0.2) is 41.5 Å². The summed E-state index contributed by atoms with van der Waals surface area (Å²) in [5.41, 5.74) is 0.895. The van der Waals surface area contributed by atoms with E-state index in [0.717, 1.165) is 48.4 Å². The first-order valence-corrected chi connectivity index (χ1v) is 10.0. The number of thioether (sulfide) groups is 1. The Morgan fingerprint density at radius 1 is 1.04 bits per heavy atom. The molecule has 132 valence electrons. The molecule has 3 aliphatic rings. The molecule has 0 spiro atoms. The lowest BCUT2D eigenvalue weighted by molar-refractivity contribution is -0.143. The third-order valence-electron chi connectivity index (χ3n) is 5.47. The van der Waals surface area contributed by atoms with Crippen LogP contribution in [0.1, 0.15) is 32.1 Å². The van der Waals surface area contributed by atoms with Gasteiger partial charge in [-0.1, -0.05) is 25.0 Å². The summed E-state index contributed by atoms with van der Waals surface area (Å²) in [5, 5.41) is 0. The first kappa shape index (κ1) is 16.6. The van der Waals surface area contributed by atoms with Gasteiger partial charge in [-0.15, -0.1) is 11.8 Å². The minimum Gasteiger partial charge on any atom is -0.310 e. The number of fused-ring (bicyclic) bond motifs is 2. The SMILES string of the molecule is O=C1[C@H]2CCCC[C@@H]2C(=O)N1CC(=O)N1CCCSc2ccccc21. The second kappa shape index (κ2) is 6.83. The normalized spacial score (nSPS) is 26.2. The molecule has 2 heterocycles. The average molecular weight is 358 g/mol. The van der Waals surface area contributed by atoms with E-state index in [2.05, 4.69) is 0 Å². The molecule has 6 heteroatoms. The van der Waals surface area contributed by atoms with E-state index in [1.807, 2.05) is 24.3 Å². The molecule has 2 aliphatic heterocycles. The third-order valence-corrected chi connectivity index (χ3v) is 6.62. The van der Waals surface area contributed by atoms with Gasteiger partial charge in [-0.05, 0) is 37.1 Å². The molecule has 1 saturated heterocycles. The summed E-state index contributed by atoms with van der Waals surface area (Å²) in [6, 6.07) is 7.86. The fraction of sp³-hybridized carbons (Fsp3) is 0.526. The van der Waals surface area contributed by atoms with Crippen LogP contribution in [0.25, 0.3) is 0 Å². The van der Waals surface area contributed by atoms with Crippen molar-refractivity contribution in [3.63, 3.8) is 0 Å². The zero-order valence-corrected chi connectivity index (χ0v) is 15.0. The molecule has 25 heavy (non-hydrogen) atoms. The molecule has 0 radical (unpaired) electrons. The first-order valence-electron chi connectivity index (χ1n) is 9.04. The summed E-state index contributed by atoms with van der Waals surface area (Å²) in [5.74, 6) is 0.144. The molecule has 1 saturated carbocycles. The van der Waals surface area contributed by atoms with Gasteiger partial charge in [0.15, 0.2) is 0 Å². The third kappa shape index (κ3) is 2.97. The Morgan fingerprint density at radius 3 is 2.44 bits per heavy atom. The maximum Gasteiger partial charge on any atom is 0.247 e. The second-order valence-electron chi connectivity index (χ2n) is 6.98. The van der Waals surface area contributed by atoms with Gasteiger partial charge < -0.3 is 4.90 Å². The van der Waals surface area contributed by atoms with Crippen molar-refractivity contribution < 1.29 is 14.4 Å². The Hall–Kier alpha value is -1.82. The molecule has 4 rings (SSSR count). The van der Waals surface area contributed by atoms with Gasteiger partial charge in [0, 0.05) is 11.4 Å². The van der Waals surface area contributed by atoms with E-state index in [1.165, 1.54) is 4.90 Å². The standard InChI is InChI=1S/C19H22N2O3S/c22-17(20-10-5-11-25-16-9-4-3-8-15(16)20)12-21-18(23)13-6-1-2-7-14(13)19(21)24/h3-4,8-9,13-14H,1-2,5-7,10-12H2/t13-,14-/m0/s1. The lowest BCUT2D eigenvalue weighted by Crippen LogP contribution is -2.43. The summed E-state index contributed by atoms with van der Waals surface area (Å²) >= 11 is 1.75. The fourth-order valence-corrected chi connectivity index (χ4v) is 5.19. The highest BCUT2D eigenvalue weighted by Crippen LogP contribution is 2.38. The van der Waals surface area contributed by atoms with Gasteiger partial charge in [-0.25, -0.2) is 0 Å². The van der Waals surface area contributed by atoms with Gasteiger partial charge in [0.1, 0.15) is 6.54 Å². The molecular weight excluding hydrogens is 336 g/mol. The lowest BCUT2D eigenvalue weighted by Gasteiger charge is -2.25. The number of hydrogen-bond donors (Lipinski definition) is 0. The van der Waals surface area contributed by atoms with Crippen molar-refractivity contribution in [2.45, 2.75) is 37.0 Å². The number of likely N-dealkylation sites (tertiary alicyclic amines) is 1. The summed E-state index contributed by atoms with van der Waals surface area (Å²) in [4.78, 5) is 42.2. The van der Waals surface area contributed by atoms with Crippen LogP contribution in [0.5, 0.6) is 0 Å². The van der Waals surface area contributed by atoms with Crippen molar-refractivity contribution in [1.29, 1.82) is 0 Å². The fourth-order valence-electron chi connectivity index (χ4n) is 4.19. The minimum absolute atomic E-state index is 0.121. The van der Waals surface area contributed by atoms with Crippen LogP contribution in [0.3, 0.4) is 0 Å². The summed E-state index contributed by atoms with van der Waals surface area (Å²) < 4.78 is 0. The monoisotopic (exact) mass is 358 g/mol. The molecule has 1 aliphatic carbocycles. The lowest BCUT2D eigenvalue weighted by atomic mass is 9.81. The van der Waals surface area contributed by atoms with Crippen molar-refractivity contribution in [2.24, 2.45) is 11.8 Å². The van der Waals surface area contributed by atoms with Crippen LogP contribution in [0.4, 0.5) is 5.69 Å². The number of hydrogen-bond acceptors (Lipinski definition) is 4. The molecule has 0 unspecified atom stereocenters. The zero-order chi connectivity index (χ0) is 17.4. The van der Waals surface area contributed by atoms with Gasteiger partial charge in [-0.2, -0.15) is 0 Å². The summed E-state index contributed by atoms with van der Waals surface area (Å²) in [6.07, 6.45) is 4.46. The molecule has 1 aromatic rings. The van der Waals surface area contributed by atoms with Gasteiger partial charge in [0.05, 0.1) is 17.5 Å². The van der Waals surface area contributed by atoms with Crippen LogP contribution < -0.4 is 4.90 Å². The number of carbonyl (C=O) groups is 3. The molecule has 3 amide bonds. The van der Waals surface area contributed by atoms with Crippen molar-refractivity contribution in [2.75, 3.05) is 23.7 Å². The number of anilines is 1. The van der Waals surface area contributed by atoms with Crippen molar-refractivity contribution >= 4 is 35.2 Å².